The molecule has 0 saturated carbocycles. The summed E-state index contributed by atoms with van der Waals surface area (Å²) in [7, 11) is 2.29. The van der Waals surface area contributed by atoms with Crippen molar-refractivity contribution in [2.45, 2.75) is 31.8 Å². The lowest BCUT2D eigenvalue weighted by Gasteiger charge is -2.45. The Kier molecular flexibility index (Phi) is 5.06. The first-order valence-electron chi connectivity index (χ1n) is 6.85. The van der Waals surface area contributed by atoms with Crippen LogP contribution in [0.3, 0.4) is 0 Å². The maximum Gasteiger partial charge on any atom is 0.180 e. The van der Waals surface area contributed by atoms with Gasteiger partial charge in [0, 0.05) is 36.8 Å². The van der Waals surface area contributed by atoms with Gasteiger partial charge in [-0.2, -0.15) is 0 Å². The molecule has 0 amide bonds. The molecule has 2 N–H and O–H groups in total. The van der Waals surface area contributed by atoms with Crippen LogP contribution in [0, 0.1) is 5.92 Å². The summed E-state index contributed by atoms with van der Waals surface area (Å²) in [5, 5.41) is 0.692. The van der Waals surface area contributed by atoms with Crippen molar-refractivity contribution in [1.82, 2.24) is 14.8 Å². The van der Waals surface area contributed by atoms with E-state index in [0.717, 1.165) is 18.5 Å². The Balaban J connectivity index is 0.00000133. The van der Waals surface area contributed by atoms with Crippen LogP contribution in [0.25, 0.3) is 0 Å². The Morgan fingerprint density at radius 1 is 1.42 bits per heavy atom. The maximum atomic E-state index is 5.69. The molecule has 6 heteroatoms. The van der Waals surface area contributed by atoms with Gasteiger partial charge in [0.15, 0.2) is 5.13 Å². The summed E-state index contributed by atoms with van der Waals surface area (Å²) in [6, 6.07) is 0.821. The molecule has 1 aromatic heterocycles. The van der Waals surface area contributed by atoms with Crippen LogP contribution in [0.5, 0.6) is 0 Å². The first-order valence-corrected chi connectivity index (χ1v) is 7.67. The minimum absolute atomic E-state index is 0. The number of thiazole rings is 1. The molecule has 3 rings (SSSR count). The van der Waals surface area contributed by atoms with Crippen molar-refractivity contribution in [3.63, 3.8) is 0 Å². The van der Waals surface area contributed by atoms with Crippen molar-refractivity contribution in [1.29, 1.82) is 0 Å². The number of fused-ring (bicyclic) bond motifs is 1. The van der Waals surface area contributed by atoms with Gasteiger partial charge in [-0.1, -0.05) is 0 Å². The topological polar surface area (TPSA) is 45.4 Å². The average molecular weight is 303 g/mol. The molecule has 2 aliphatic rings. The maximum absolute atomic E-state index is 5.69. The summed E-state index contributed by atoms with van der Waals surface area (Å²) in [4.78, 5) is 10.6. The van der Waals surface area contributed by atoms with E-state index >= 15 is 0 Å². The summed E-state index contributed by atoms with van der Waals surface area (Å²) < 4.78 is 0. The first-order chi connectivity index (χ1) is 8.72. The lowest BCUT2D eigenvalue weighted by atomic mass is 9.84. The van der Waals surface area contributed by atoms with E-state index in [1.54, 1.807) is 11.3 Å². The normalized spacial score (nSPS) is 28.7. The second kappa shape index (κ2) is 6.39. The highest BCUT2D eigenvalue weighted by Gasteiger charge is 2.34. The van der Waals surface area contributed by atoms with E-state index in [1.165, 1.54) is 43.8 Å². The van der Waals surface area contributed by atoms with Gasteiger partial charge in [-0.05, 0) is 38.8 Å². The van der Waals surface area contributed by atoms with Gasteiger partial charge < -0.3 is 10.6 Å². The fourth-order valence-corrected chi connectivity index (χ4v) is 4.21. The molecule has 2 aliphatic heterocycles. The van der Waals surface area contributed by atoms with Crippen LogP contribution in [0.15, 0.2) is 6.20 Å². The molecule has 0 radical (unpaired) electrons. The molecule has 0 spiro atoms. The quantitative estimate of drug-likeness (QED) is 0.908. The fourth-order valence-electron chi connectivity index (χ4n) is 3.49. The number of halogens is 1. The van der Waals surface area contributed by atoms with Gasteiger partial charge in [0.1, 0.15) is 0 Å². The second-order valence-electron chi connectivity index (χ2n) is 5.64. The molecular weight excluding hydrogens is 280 g/mol. The number of nitrogens with zero attached hydrogens (tertiary/aromatic N) is 3. The molecule has 0 aromatic carbocycles. The van der Waals surface area contributed by atoms with E-state index in [0.29, 0.717) is 5.13 Å². The summed E-state index contributed by atoms with van der Waals surface area (Å²) in [6.07, 6.45) is 6.00. The van der Waals surface area contributed by atoms with Crippen molar-refractivity contribution in [2.24, 2.45) is 5.92 Å². The molecule has 1 aromatic rings. The number of hydrogen-bond acceptors (Lipinski definition) is 5. The van der Waals surface area contributed by atoms with Crippen molar-refractivity contribution < 1.29 is 0 Å². The first kappa shape index (κ1) is 15.0. The predicted octanol–water partition coefficient (Wildman–Crippen LogP) is 2.06. The van der Waals surface area contributed by atoms with Crippen LogP contribution in [-0.2, 0) is 6.54 Å². The van der Waals surface area contributed by atoms with Gasteiger partial charge in [0.25, 0.3) is 0 Å². The molecule has 19 heavy (non-hydrogen) atoms. The zero-order valence-electron chi connectivity index (χ0n) is 11.4. The smallest absolute Gasteiger partial charge is 0.180 e. The van der Waals surface area contributed by atoms with Crippen LogP contribution in [-0.4, -0.2) is 47.5 Å². The Morgan fingerprint density at radius 2 is 2.26 bits per heavy atom. The van der Waals surface area contributed by atoms with E-state index in [2.05, 4.69) is 21.8 Å². The average Bonchev–Trinajstić information content (AvgIpc) is 2.75. The van der Waals surface area contributed by atoms with Crippen molar-refractivity contribution in [3.05, 3.63) is 11.1 Å². The summed E-state index contributed by atoms with van der Waals surface area (Å²) in [6.45, 7) is 4.77. The number of nitrogen functional groups attached to an aromatic ring is 1. The minimum Gasteiger partial charge on any atom is -0.375 e. The Hall–Kier alpha value is -0.360. The number of hydrogen-bond donors (Lipinski definition) is 1. The molecular formula is C13H23ClN4S. The summed E-state index contributed by atoms with van der Waals surface area (Å²) in [5.74, 6) is 0.864. The molecule has 2 fully saturated rings. The third-order valence-corrected chi connectivity index (χ3v) is 5.19. The van der Waals surface area contributed by atoms with E-state index in [-0.39, 0.29) is 12.4 Å². The monoisotopic (exact) mass is 302 g/mol. The van der Waals surface area contributed by atoms with E-state index < -0.39 is 0 Å². The summed E-state index contributed by atoms with van der Waals surface area (Å²) >= 11 is 1.63. The standard InChI is InChI=1S/C13H22N4S.ClH/c1-16-5-2-3-10-8-17(6-4-12(10)16)9-11-7-15-13(14)18-11;/h7,10,12H,2-6,8-9H2,1H3,(H2,14,15);1H. The largest absolute Gasteiger partial charge is 0.375 e. The Morgan fingerprint density at radius 3 is 3.00 bits per heavy atom. The number of aromatic nitrogens is 1. The molecule has 2 atom stereocenters. The lowest BCUT2D eigenvalue weighted by molar-refractivity contribution is 0.0358. The molecule has 4 nitrogen and oxygen atoms in total. The van der Waals surface area contributed by atoms with Gasteiger partial charge in [0.2, 0.25) is 0 Å². The van der Waals surface area contributed by atoms with Gasteiger partial charge in [-0.15, -0.1) is 23.7 Å². The molecule has 108 valence electrons. The number of anilines is 1. The van der Waals surface area contributed by atoms with Crippen LogP contribution < -0.4 is 5.73 Å². The zero-order valence-corrected chi connectivity index (χ0v) is 13.1. The highest BCUT2D eigenvalue weighted by Crippen LogP contribution is 2.30. The molecule has 0 aliphatic carbocycles. The van der Waals surface area contributed by atoms with Gasteiger partial charge in [-0.25, -0.2) is 4.98 Å². The lowest BCUT2D eigenvalue weighted by Crippen LogP contribution is -2.52. The zero-order chi connectivity index (χ0) is 12.5. The third kappa shape index (κ3) is 3.40. The van der Waals surface area contributed by atoms with E-state index in [9.17, 15) is 0 Å². The van der Waals surface area contributed by atoms with Crippen LogP contribution in [0.4, 0.5) is 5.13 Å². The van der Waals surface area contributed by atoms with Crippen LogP contribution in [0.1, 0.15) is 24.1 Å². The number of piperidine rings is 2. The van der Waals surface area contributed by atoms with Gasteiger partial charge >= 0.3 is 0 Å². The fraction of sp³-hybridized carbons (Fsp3) is 0.769. The summed E-state index contributed by atoms with van der Waals surface area (Å²) in [5.41, 5.74) is 5.69. The van der Waals surface area contributed by atoms with Crippen molar-refractivity contribution >= 4 is 28.9 Å². The molecule has 0 bridgehead atoms. The van der Waals surface area contributed by atoms with E-state index in [4.69, 9.17) is 5.73 Å². The highest BCUT2D eigenvalue weighted by atomic mass is 35.5. The second-order valence-corrected chi connectivity index (χ2v) is 6.79. The minimum atomic E-state index is 0. The number of rotatable bonds is 2. The molecule has 2 saturated heterocycles. The van der Waals surface area contributed by atoms with E-state index in [1.807, 2.05) is 6.20 Å². The number of nitrogens with two attached hydrogens (primary N) is 1. The molecule has 2 unspecified atom stereocenters. The highest BCUT2D eigenvalue weighted by molar-refractivity contribution is 7.15. The van der Waals surface area contributed by atoms with Crippen LogP contribution >= 0.6 is 23.7 Å². The Bertz CT molecular complexity index is 411. The van der Waals surface area contributed by atoms with Crippen LogP contribution in [0.2, 0.25) is 0 Å². The van der Waals surface area contributed by atoms with Crippen molar-refractivity contribution in [2.75, 3.05) is 32.4 Å². The number of likely N-dealkylation sites (tertiary alicyclic amines) is 2. The Labute approximate surface area is 125 Å². The molecule has 3 heterocycles. The van der Waals surface area contributed by atoms with Gasteiger partial charge in [0.05, 0.1) is 0 Å². The third-order valence-electron chi connectivity index (χ3n) is 4.38. The SMILES string of the molecule is CN1CCCC2CN(Cc3cnc(N)s3)CCC21.Cl. The van der Waals surface area contributed by atoms with Gasteiger partial charge in [-0.3, -0.25) is 4.90 Å². The van der Waals surface area contributed by atoms with Crippen molar-refractivity contribution in [3.8, 4) is 0 Å². The predicted molar refractivity (Wildman–Crippen MR) is 82.8 cm³/mol.